The van der Waals surface area contributed by atoms with Gasteiger partial charge in [-0.05, 0) is 21.8 Å². The molecule has 0 N–H and O–H groups in total. The number of rotatable bonds is 9. The molecule has 0 radical (unpaired) electrons. The summed E-state index contributed by atoms with van der Waals surface area (Å²) in [5.74, 6) is 0. The fourth-order valence-corrected chi connectivity index (χ4v) is 8.81. The molecule has 1 amide bonds. The lowest BCUT2D eigenvalue weighted by Gasteiger charge is -2.42. The fourth-order valence-electron chi connectivity index (χ4n) is 4.30. The molecule has 1 heterocycles. The number of cyclic esters (lactones) is 1. The summed E-state index contributed by atoms with van der Waals surface area (Å²) >= 11 is 0. The molecule has 1 unspecified atom stereocenters. The first-order valence-electron chi connectivity index (χ1n) is 10.8. The van der Waals surface area contributed by atoms with Gasteiger partial charge < -0.3 is 9.16 Å². The molecule has 0 aliphatic carbocycles. The van der Waals surface area contributed by atoms with Crippen molar-refractivity contribution < 1.29 is 14.0 Å². The maximum atomic E-state index is 11.8. The van der Waals surface area contributed by atoms with Gasteiger partial charge >= 0.3 is 6.09 Å². The Balaban J connectivity index is 1.79. The van der Waals surface area contributed by atoms with Crippen molar-refractivity contribution in [2.45, 2.75) is 38.3 Å². The van der Waals surface area contributed by atoms with Crippen LogP contribution >= 0.6 is 0 Å². The molecule has 0 spiro atoms. The van der Waals surface area contributed by atoms with Crippen LogP contribution in [0.15, 0.2) is 85.5 Å². The van der Waals surface area contributed by atoms with Gasteiger partial charge in [0.1, 0.15) is 6.61 Å². The Bertz CT molecular complexity index is 850. The lowest BCUT2D eigenvalue weighted by Crippen LogP contribution is -2.66. The van der Waals surface area contributed by atoms with E-state index >= 15 is 0 Å². The third-order valence-corrected chi connectivity index (χ3v) is 10.8. The van der Waals surface area contributed by atoms with Crippen LogP contribution in [0.25, 0.3) is 0 Å². The van der Waals surface area contributed by atoms with Crippen LogP contribution in [0.2, 0.25) is 5.04 Å². The van der Waals surface area contributed by atoms with Crippen molar-refractivity contribution in [3.05, 3.63) is 85.5 Å². The maximum absolute atomic E-state index is 11.8. The Kier molecular flexibility index (Phi) is 7.52. The Labute approximate surface area is 187 Å². The van der Waals surface area contributed by atoms with Crippen molar-refractivity contribution in [1.82, 2.24) is 4.90 Å². The van der Waals surface area contributed by atoms with Gasteiger partial charge in [-0.1, -0.05) is 99.7 Å². The zero-order valence-corrected chi connectivity index (χ0v) is 19.8. The molecular formula is C26H33NO3Si. The third kappa shape index (κ3) is 5.00. The van der Waals surface area contributed by atoms with E-state index in [0.29, 0.717) is 19.8 Å². The first kappa shape index (κ1) is 23.0. The van der Waals surface area contributed by atoms with E-state index in [2.05, 4.69) is 100 Å². The molecule has 2 aromatic carbocycles. The van der Waals surface area contributed by atoms with Gasteiger partial charge in [0, 0.05) is 6.54 Å². The number of ether oxygens (including phenoxy) is 1. The van der Waals surface area contributed by atoms with Crippen molar-refractivity contribution in [1.29, 1.82) is 0 Å². The summed E-state index contributed by atoms with van der Waals surface area (Å²) in [5.41, 5.74) is 0. The number of amides is 1. The molecule has 1 saturated heterocycles. The van der Waals surface area contributed by atoms with Crippen molar-refractivity contribution >= 4 is 24.8 Å². The highest BCUT2D eigenvalue weighted by Gasteiger charge is 2.49. The van der Waals surface area contributed by atoms with Gasteiger partial charge in [-0.25, -0.2) is 4.79 Å². The van der Waals surface area contributed by atoms with Gasteiger partial charge in [-0.2, -0.15) is 0 Å². The predicted molar refractivity (Wildman–Crippen MR) is 129 cm³/mol. The normalized spacial score (nSPS) is 17.2. The Morgan fingerprint density at radius 1 is 1.06 bits per heavy atom. The SMILES string of the molecule is C=CCN1C(=O)OCC1C/C=C\CO[Si](c1ccccc1)(c1ccccc1)C(C)(C)C. The molecule has 1 atom stereocenters. The highest BCUT2D eigenvalue weighted by atomic mass is 28.4. The standard InChI is InChI=1S/C26H33NO3Si/c1-5-19-27-22(21-29-25(27)28)14-12-13-20-30-31(26(2,3)4,23-15-8-6-9-16-23)24-17-10-7-11-18-24/h5-13,15-18,22H,1,14,19-21H2,2-4H3/b13-12-. The predicted octanol–water partition coefficient (Wildman–Crippen LogP) is 4.52. The van der Waals surface area contributed by atoms with Crippen LogP contribution in [0.3, 0.4) is 0 Å². The number of benzene rings is 2. The minimum atomic E-state index is -2.52. The summed E-state index contributed by atoms with van der Waals surface area (Å²) in [6.45, 7) is 12.0. The quantitative estimate of drug-likeness (QED) is 0.429. The molecule has 1 fully saturated rings. The van der Waals surface area contributed by atoms with Gasteiger partial charge in [0.15, 0.2) is 0 Å². The molecule has 0 saturated carbocycles. The second-order valence-corrected chi connectivity index (χ2v) is 13.2. The van der Waals surface area contributed by atoms with E-state index in [1.54, 1.807) is 11.0 Å². The van der Waals surface area contributed by atoms with Gasteiger partial charge in [0.25, 0.3) is 8.32 Å². The van der Waals surface area contributed by atoms with E-state index in [1.165, 1.54) is 10.4 Å². The highest BCUT2D eigenvalue weighted by Crippen LogP contribution is 2.36. The summed E-state index contributed by atoms with van der Waals surface area (Å²) in [6.07, 6.45) is 6.38. The smallest absolute Gasteiger partial charge is 0.410 e. The topological polar surface area (TPSA) is 38.8 Å². The molecule has 4 nitrogen and oxygen atoms in total. The number of hydrogen-bond donors (Lipinski definition) is 0. The lowest BCUT2D eigenvalue weighted by molar-refractivity contribution is 0.160. The third-order valence-electron chi connectivity index (χ3n) is 5.79. The fraction of sp³-hybridized carbons (Fsp3) is 0.346. The van der Waals surface area contributed by atoms with Crippen molar-refractivity contribution in [3.63, 3.8) is 0 Å². The summed E-state index contributed by atoms with van der Waals surface area (Å²) < 4.78 is 12.0. The van der Waals surface area contributed by atoms with Crippen LogP contribution in [-0.4, -0.2) is 45.1 Å². The average molecular weight is 436 g/mol. The van der Waals surface area contributed by atoms with E-state index in [-0.39, 0.29) is 17.2 Å². The number of carbonyl (C=O) groups excluding carboxylic acids is 1. The summed E-state index contributed by atoms with van der Waals surface area (Å²) in [4.78, 5) is 13.6. The monoisotopic (exact) mass is 435 g/mol. The Morgan fingerprint density at radius 3 is 2.16 bits per heavy atom. The summed E-state index contributed by atoms with van der Waals surface area (Å²) in [6, 6.07) is 21.3. The average Bonchev–Trinajstić information content (AvgIpc) is 3.11. The molecule has 164 valence electrons. The van der Waals surface area contributed by atoms with Crippen LogP contribution < -0.4 is 10.4 Å². The molecule has 31 heavy (non-hydrogen) atoms. The maximum Gasteiger partial charge on any atom is 0.410 e. The molecule has 0 aromatic heterocycles. The molecule has 1 aliphatic heterocycles. The summed E-state index contributed by atoms with van der Waals surface area (Å²) in [5, 5.41) is 2.50. The van der Waals surface area contributed by atoms with Crippen LogP contribution in [-0.2, 0) is 9.16 Å². The molecule has 5 heteroatoms. The first-order chi connectivity index (χ1) is 14.9. The zero-order valence-electron chi connectivity index (χ0n) is 18.8. The number of hydrogen-bond acceptors (Lipinski definition) is 3. The van der Waals surface area contributed by atoms with Crippen LogP contribution in [0.1, 0.15) is 27.2 Å². The van der Waals surface area contributed by atoms with Crippen LogP contribution in [0.5, 0.6) is 0 Å². The minimum Gasteiger partial charge on any atom is -0.447 e. The molecule has 3 rings (SSSR count). The van der Waals surface area contributed by atoms with Crippen LogP contribution in [0, 0.1) is 0 Å². The van der Waals surface area contributed by atoms with Gasteiger partial charge in [0.05, 0.1) is 12.6 Å². The van der Waals surface area contributed by atoms with Gasteiger partial charge in [-0.15, -0.1) is 6.58 Å². The molecular weight excluding hydrogens is 402 g/mol. The number of nitrogens with zero attached hydrogens (tertiary/aromatic N) is 1. The highest BCUT2D eigenvalue weighted by molar-refractivity contribution is 6.99. The van der Waals surface area contributed by atoms with Gasteiger partial charge in [-0.3, -0.25) is 4.90 Å². The van der Waals surface area contributed by atoms with E-state index in [0.717, 1.165) is 6.42 Å². The molecule has 0 bridgehead atoms. The van der Waals surface area contributed by atoms with Crippen molar-refractivity contribution in [2.75, 3.05) is 19.8 Å². The molecule has 2 aromatic rings. The molecule has 1 aliphatic rings. The van der Waals surface area contributed by atoms with Gasteiger partial charge in [0.2, 0.25) is 0 Å². The zero-order chi connectivity index (χ0) is 22.3. The van der Waals surface area contributed by atoms with E-state index < -0.39 is 8.32 Å². The largest absolute Gasteiger partial charge is 0.447 e. The minimum absolute atomic E-state index is 0.0456. The van der Waals surface area contributed by atoms with Crippen molar-refractivity contribution in [2.24, 2.45) is 0 Å². The van der Waals surface area contributed by atoms with E-state index in [4.69, 9.17) is 9.16 Å². The van der Waals surface area contributed by atoms with E-state index in [1.807, 2.05) is 0 Å². The number of carbonyl (C=O) groups is 1. The second-order valence-electron chi connectivity index (χ2n) is 8.85. The second kappa shape index (κ2) is 10.1. The first-order valence-corrected chi connectivity index (χ1v) is 12.8. The van der Waals surface area contributed by atoms with E-state index in [9.17, 15) is 4.79 Å². The Hall–Kier alpha value is -2.63. The van der Waals surface area contributed by atoms with Crippen LogP contribution in [0.4, 0.5) is 4.79 Å². The lowest BCUT2D eigenvalue weighted by atomic mass is 10.2. The van der Waals surface area contributed by atoms with Crippen molar-refractivity contribution in [3.8, 4) is 0 Å². The summed E-state index contributed by atoms with van der Waals surface area (Å²) in [7, 11) is -2.52. The Morgan fingerprint density at radius 2 is 1.65 bits per heavy atom.